The van der Waals surface area contributed by atoms with Crippen LogP contribution in [0.1, 0.15) is 32.1 Å². The van der Waals surface area contributed by atoms with Crippen molar-refractivity contribution < 1.29 is 0 Å². The van der Waals surface area contributed by atoms with Crippen molar-refractivity contribution >= 4 is 0 Å². The Morgan fingerprint density at radius 2 is 0.895 bits per heavy atom. The van der Waals surface area contributed by atoms with Crippen molar-refractivity contribution in [2.24, 2.45) is 0 Å². The molecule has 0 radical (unpaired) electrons. The summed E-state index contributed by atoms with van der Waals surface area (Å²) in [4.78, 5) is 0. The monoisotopic (exact) mass is 250 g/mol. The van der Waals surface area contributed by atoms with Gasteiger partial charge in [0.1, 0.15) is 0 Å². The lowest BCUT2D eigenvalue weighted by Crippen LogP contribution is -1.73. The average molecular weight is 250 g/mol. The molecule has 0 nitrogen and oxygen atoms in total. The van der Waals surface area contributed by atoms with E-state index < -0.39 is 0 Å². The van der Waals surface area contributed by atoms with Crippen LogP contribution in [0.15, 0.2) is 72.8 Å². The summed E-state index contributed by atoms with van der Waals surface area (Å²) in [7, 11) is 0. The number of benzene rings is 2. The molecule has 0 saturated heterocycles. The van der Waals surface area contributed by atoms with Gasteiger partial charge >= 0.3 is 0 Å². The van der Waals surface area contributed by atoms with Crippen molar-refractivity contribution in [3.8, 4) is 11.1 Å². The van der Waals surface area contributed by atoms with E-state index in [1.807, 2.05) is 12.1 Å². The molecular formula is C19H22. The summed E-state index contributed by atoms with van der Waals surface area (Å²) in [6, 6.07) is 20.8. The van der Waals surface area contributed by atoms with Crippen molar-refractivity contribution in [2.45, 2.75) is 32.1 Å². The highest BCUT2D eigenvalue weighted by Gasteiger charge is 1.91. The zero-order valence-electron chi connectivity index (χ0n) is 11.5. The van der Waals surface area contributed by atoms with E-state index in [-0.39, 0.29) is 0 Å². The molecule has 0 atom stereocenters. The maximum atomic E-state index is 2.30. The van der Waals surface area contributed by atoms with Crippen molar-refractivity contribution in [3.63, 3.8) is 0 Å². The van der Waals surface area contributed by atoms with Gasteiger partial charge in [-0.25, -0.2) is 0 Å². The lowest BCUT2D eigenvalue weighted by Gasteiger charge is -1.98. The third kappa shape index (κ3) is 5.13. The van der Waals surface area contributed by atoms with E-state index >= 15 is 0 Å². The summed E-state index contributed by atoms with van der Waals surface area (Å²) in [5.74, 6) is 0. The first-order valence-corrected chi connectivity index (χ1v) is 7.22. The Kier molecular flexibility index (Phi) is 5.95. The summed E-state index contributed by atoms with van der Waals surface area (Å²) in [5.41, 5.74) is 2.55. The van der Waals surface area contributed by atoms with E-state index in [0.717, 1.165) is 0 Å². The molecule has 0 aliphatic heterocycles. The van der Waals surface area contributed by atoms with Crippen LogP contribution in [0.25, 0.3) is 11.1 Å². The lowest BCUT2D eigenvalue weighted by molar-refractivity contribution is 0.718. The average Bonchev–Trinajstić information content (AvgIpc) is 2.82. The van der Waals surface area contributed by atoms with Crippen LogP contribution < -0.4 is 0 Å². The Morgan fingerprint density at radius 1 is 0.474 bits per heavy atom. The van der Waals surface area contributed by atoms with Crippen LogP contribution in [0.5, 0.6) is 0 Å². The predicted molar refractivity (Wildman–Crippen MR) is 84.1 cm³/mol. The molecule has 0 heteroatoms. The molecule has 0 N–H and O–H groups in total. The van der Waals surface area contributed by atoms with Crippen LogP contribution in [0, 0.1) is 0 Å². The van der Waals surface area contributed by atoms with Gasteiger partial charge in [-0.15, -0.1) is 0 Å². The maximum absolute atomic E-state index is 2.30. The highest BCUT2D eigenvalue weighted by Crippen LogP contribution is 2.17. The number of hydrogen-bond donors (Lipinski definition) is 0. The second kappa shape index (κ2) is 8.31. The molecule has 3 rings (SSSR count). The fraction of sp³-hybridized carbons (Fsp3) is 0.263. The Morgan fingerprint density at radius 3 is 1.32 bits per heavy atom. The molecule has 0 amide bonds. The molecular weight excluding hydrogens is 228 g/mol. The smallest absolute Gasteiger partial charge is 0.0184 e. The minimum atomic E-state index is 1.28. The largest absolute Gasteiger partial charge is 0.0885 e. The molecule has 0 heterocycles. The molecule has 0 aromatic heterocycles. The standard InChI is InChI=1S/C12H10.C7H12/c1-3-7-11(8-4-1)12-9-5-2-6-10-12;1-2-4-6-7-5-3-1/h1-10H;1-2H,3-7H2. The quantitative estimate of drug-likeness (QED) is 0.556. The van der Waals surface area contributed by atoms with Gasteiger partial charge in [0, 0.05) is 0 Å². The SMILES string of the molecule is C1=CCCCCC1.c1ccc(-c2ccccc2)cc1. The molecule has 2 aromatic rings. The zero-order valence-corrected chi connectivity index (χ0v) is 11.5. The molecule has 98 valence electrons. The molecule has 0 saturated carbocycles. The van der Waals surface area contributed by atoms with Crippen LogP contribution in [-0.4, -0.2) is 0 Å². The van der Waals surface area contributed by atoms with E-state index in [1.54, 1.807) is 0 Å². The second-order valence-electron chi connectivity index (χ2n) is 4.84. The van der Waals surface area contributed by atoms with Crippen LogP contribution >= 0.6 is 0 Å². The molecule has 0 bridgehead atoms. The first-order chi connectivity index (χ1) is 9.47. The molecule has 2 aromatic carbocycles. The van der Waals surface area contributed by atoms with Gasteiger partial charge in [-0.2, -0.15) is 0 Å². The van der Waals surface area contributed by atoms with Crippen molar-refractivity contribution in [1.29, 1.82) is 0 Å². The van der Waals surface area contributed by atoms with Crippen LogP contribution in [0.3, 0.4) is 0 Å². The molecule has 0 spiro atoms. The lowest BCUT2D eigenvalue weighted by atomic mass is 10.1. The summed E-state index contributed by atoms with van der Waals surface area (Å²) < 4.78 is 0. The van der Waals surface area contributed by atoms with Gasteiger partial charge in [0.2, 0.25) is 0 Å². The van der Waals surface area contributed by atoms with Crippen LogP contribution in [0.4, 0.5) is 0 Å². The molecule has 0 unspecified atom stereocenters. The topological polar surface area (TPSA) is 0 Å². The predicted octanol–water partition coefficient (Wildman–Crippen LogP) is 5.86. The van der Waals surface area contributed by atoms with Crippen molar-refractivity contribution in [1.82, 2.24) is 0 Å². The van der Waals surface area contributed by atoms with Gasteiger partial charge in [0.25, 0.3) is 0 Å². The van der Waals surface area contributed by atoms with Crippen molar-refractivity contribution in [3.05, 3.63) is 72.8 Å². The first-order valence-electron chi connectivity index (χ1n) is 7.22. The summed E-state index contributed by atoms with van der Waals surface area (Å²) in [6.45, 7) is 0. The highest BCUT2D eigenvalue weighted by atomic mass is 14.0. The third-order valence-electron chi connectivity index (χ3n) is 3.29. The maximum Gasteiger partial charge on any atom is -0.0184 e. The Bertz CT molecular complexity index is 422. The summed E-state index contributed by atoms with van der Waals surface area (Å²) in [5, 5.41) is 0. The van der Waals surface area contributed by atoms with Crippen LogP contribution in [0.2, 0.25) is 0 Å². The Labute approximate surface area is 116 Å². The fourth-order valence-electron chi connectivity index (χ4n) is 2.20. The highest BCUT2D eigenvalue weighted by molar-refractivity contribution is 5.62. The third-order valence-corrected chi connectivity index (χ3v) is 3.29. The van der Waals surface area contributed by atoms with E-state index in [2.05, 4.69) is 60.7 Å². The fourth-order valence-corrected chi connectivity index (χ4v) is 2.20. The Balaban J connectivity index is 0.000000163. The van der Waals surface area contributed by atoms with E-state index in [4.69, 9.17) is 0 Å². The van der Waals surface area contributed by atoms with Gasteiger partial charge in [-0.1, -0.05) is 79.2 Å². The second-order valence-corrected chi connectivity index (χ2v) is 4.84. The van der Waals surface area contributed by atoms with Gasteiger partial charge in [0.15, 0.2) is 0 Å². The van der Waals surface area contributed by atoms with E-state index in [1.165, 1.54) is 43.2 Å². The van der Waals surface area contributed by atoms with Gasteiger partial charge in [-0.05, 0) is 36.8 Å². The van der Waals surface area contributed by atoms with Crippen LogP contribution in [-0.2, 0) is 0 Å². The molecule has 19 heavy (non-hydrogen) atoms. The normalized spacial score (nSPS) is 14.1. The van der Waals surface area contributed by atoms with Gasteiger partial charge < -0.3 is 0 Å². The zero-order chi connectivity index (χ0) is 13.2. The molecule has 1 aliphatic carbocycles. The number of allylic oxidation sites excluding steroid dienone is 2. The van der Waals surface area contributed by atoms with Gasteiger partial charge in [-0.3, -0.25) is 0 Å². The van der Waals surface area contributed by atoms with E-state index in [9.17, 15) is 0 Å². The minimum Gasteiger partial charge on any atom is -0.0885 e. The first kappa shape index (κ1) is 13.6. The van der Waals surface area contributed by atoms with E-state index in [0.29, 0.717) is 0 Å². The summed E-state index contributed by atoms with van der Waals surface area (Å²) >= 11 is 0. The molecule has 1 aliphatic rings. The molecule has 0 fully saturated rings. The van der Waals surface area contributed by atoms with Crippen molar-refractivity contribution in [2.75, 3.05) is 0 Å². The number of hydrogen-bond acceptors (Lipinski definition) is 0. The number of rotatable bonds is 1. The summed E-state index contributed by atoms with van der Waals surface area (Å²) in [6.07, 6.45) is 11.5. The minimum absolute atomic E-state index is 1.28. The Hall–Kier alpha value is -1.82. The van der Waals surface area contributed by atoms with Gasteiger partial charge in [0.05, 0.1) is 0 Å².